The number of para-hydroxylation sites is 1. The minimum absolute atomic E-state index is 0.233. The Morgan fingerprint density at radius 1 is 1.38 bits per heavy atom. The quantitative estimate of drug-likeness (QED) is 0.853. The number of rotatable bonds is 4. The molecule has 0 radical (unpaired) electrons. The number of benzene rings is 1. The second-order valence-corrected chi connectivity index (χ2v) is 7.53. The SMILES string of the molecule is CC1CCC(C(C)C)C(Nc2ccccc2Br)(C(N)=O)C1. The van der Waals surface area contributed by atoms with Crippen LogP contribution in [0.3, 0.4) is 0 Å². The number of nitrogens with two attached hydrogens (primary N) is 1. The molecule has 0 bridgehead atoms. The fourth-order valence-corrected chi connectivity index (χ4v) is 4.09. The van der Waals surface area contributed by atoms with E-state index in [4.69, 9.17) is 5.73 Å². The van der Waals surface area contributed by atoms with E-state index in [9.17, 15) is 4.79 Å². The number of carbonyl (C=O) groups is 1. The number of nitrogens with one attached hydrogen (secondary N) is 1. The van der Waals surface area contributed by atoms with Gasteiger partial charge in [0.15, 0.2) is 0 Å². The van der Waals surface area contributed by atoms with Crippen molar-refractivity contribution in [3.63, 3.8) is 0 Å². The van der Waals surface area contributed by atoms with Crippen molar-refractivity contribution >= 4 is 27.5 Å². The van der Waals surface area contributed by atoms with E-state index in [-0.39, 0.29) is 11.8 Å². The second kappa shape index (κ2) is 6.39. The van der Waals surface area contributed by atoms with Crippen LogP contribution in [0.25, 0.3) is 0 Å². The third kappa shape index (κ3) is 3.25. The van der Waals surface area contributed by atoms with Gasteiger partial charge in [0.25, 0.3) is 0 Å². The van der Waals surface area contributed by atoms with E-state index in [1.807, 2.05) is 24.3 Å². The third-order valence-electron chi connectivity index (χ3n) is 4.75. The molecule has 0 spiro atoms. The summed E-state index contributed by atoms with van der Waals surface area (Å²) in [7, 11) is 0. The monoisotopic (exact) mass is 352 g/mol. The van der Waals surface area contributed by atoms with Crippen LogP contribution in [0.4, 0.5) is 5.69 Å². The van der Waals surface area contributed by atoms with E-state index < -0.39 is 5.54 Å². The molecule has 1 fully saturated rings. The van der Waals surface area contributed by atoms with Gasteiger partial charge >= 0.3 is 0 Å². The lowest BCUT2D eigenvalue weighted by Crippen LogP contribution is -2.60. The van der Waals surface area contributed by atoms with Crippen LogP contribution >= 0.6 is 15.9 Å². The van der Waals surface area contributed by atoms with E-state index in [0.717, 1.165) is 29.4 Å². The van der Waals surface area contributed by atoms with Crippen LogP contribution < -0.4 is 11.1 Å². The Morgan fingerprint density at radius 2 is 2.05 bits per heavy atom. The highest BCUT2D eigenvalue weighted by Crippen LogP contribution is 2.43. The van der Waals surface area contributed by atoms with Crippen LogP contribution in [0.2, 0.25) is 0 Å². The molecule has 21 heavy (non-hydrogen) atoms. The van der Waals surface area contributed by atoms with Crippen molar-refractivity contribution in [3.05, 3.63) is 28.7 Å². The first kappa shape index (κ1) is 16.3. The molecule has 2 rings (SSSR count). The molecule has 3 N–H and O–H groups in total. The van der Waals surface area contributed by atoms with Crippen LogP contribution in [-0.4, -0.2) is 11.4 Å². The van der Waals surface area contributed by atoms with Gasteiger partial charge in [-0.2, -0.15) is 0 Å². The Morgan fingerprint density at radius 3 is 2.62 bits per heavy atom. The number of hydrogen-bond acceptors (Lipinski definition) is 2. The zero-order valence-corrected chi connectivity index (χ0v) is 14.6. The van der Waals surface area contributed by atoms with E-state index in [2.05, 4.69) is 42.0 Å². The van der Waals surface area contributed by atoms with Crippen molar-refractivity contribution < 1.29 is 4.79 Å². The highest BCUT2D eigenvalue weighted by atomic mass is 79.9. The van der Waals surface area contributed by atoms with Crippen LogP contribution in [0.5, 0.6) is 0 Å². The molecule has 3 unspecified atom stereocenters. The van der Waals surface area contributed by atoms with Crippen molar-refractivity contribution in [1.82, 2.24) is 0 Å². The van der Waals surface area contributed by atoms with Gasteiger partial charge in [0.1, 0.15) is 5.54 Å². The summed E-state index contributed by atoms with van der Waals surface area (Å²) in [5.74, 6) is 0.948. The van der Waals surface area contributed by atoms with Crippen molar-refractivity contribution in [2.75, 3.05) is 5.32 Å². The molecule has 0 aromatic heterocycles. The largest absolute Gasteiger partial charge is 0.370 e. The van der Waals surface area contributed by atoms with Gasteiger partial charge in [-0.3, -0.25) is 4.79 Å². The minimum Gasteiger partial charge on any atom is -0.370 e. The summed E-state index contributed by atoms with van der Waals surface area (Å²) in [6.45, 7) is 6.57. The van der Waals surface area contributed by atoms with E-state index in [0.29, 0.717) is 11.8 Å². The maximum absolute atomic E-state index is 12.4. The number of halogens is 1. The van der Waals surface area contributed by atoms with Gasteiger partial charge < -0.3 is 11.1 Å². The predicted octanol–water partition coefficient (Wildman–Crippen LogP) is 4.18. The van der Waals surface area contributed by atoms with Crippen LogP contribution in [0, 0.1) is 17.8 Å². The Labute approximate surface area is 135 Å². The van der Waals surface area contributed by atoms with Crippen molar-refractivity contribution in [2.24, 2.45) is 23.5 Å². The Kier molecular flexibility index (Phi) is 4.97. The molecule has 1 aliphatic carbocycles. The summed E-state index contributed by atoms with van der Waals surface area (Å²) in [5, 5.41) is 3.50. The van der Waals surface area contributed by atoms with Gasteiger partial charge in [-0.15, -0.1) is 0 Å². The van der Waals surface area contributed by atoms with Crippen LogP contribution in [0.15, 0.2) is 28.7 Å². The van der Waals surface area contributed by atoms with Crippen molar-refractivity contribution in [2.45, 2.75) is 45.6 Å². The molecule has 3 atom stereocenters. The first-order valence-corrected chi connectivity index (χ1v) is 8.48. The topological polar surface area (TPSA) is 55.1 Å². The lowest BCUT2D eigenvalue weighted by molar-refractivity contribution is -0.126. The number of primary amides is 1. The Hall–Kier alpha value is -1.03. The highest BCUT2D eigenvalue weighted by molar-refractivity contribution is 9.10. The molecule has 116 valence electrons. The summed E-state index contributed by atoms with van der Waals surface area (Å²) >= 11 is 3.55. The van der Waals surface area contributed by atoms with Gasteiger partial charge in [0, 0.05) is 10.2 Å². The summed E-state index contributed by atoms with van der Waals surface area (Å²) < 4.78 is 0.964. The molecule has 1 amide bonds. The summed E-state index contributed by atoms with van der Waals surface area (Å²) in [5.41, 5.74) is 6.16. The smallest absolute Gasteiger partial charge is 0.243 e. The van der Waals surface area contributed by atoms with Gasteiger partial charge in [-0.25, -0.2) is 0 Å². The van der Waals surface area contributed by atoms with Gasteiger partial charge in [-0.1, -0.05) is 39.3 Å². The van der Waals surface area contributed by atoms with Gasteiger partial charge in [0.05, 0.1) is 0 Å². The van der Waals surface area contributed by atoms with Gasteiger partial charge in [0.2, 0.25) is 5.91 Å². The number of amides is 1. The Balaban J connectivity index is 2.42. The zero-order valence-electron chi connectivity index (χ0n) is 13.0. The minimum atomic E-state index is -0.657. The van der Waals surface area contributed by atoms with E-state index in [1.54, 1.807) is 0 Å². The molecule has 1 saturated carbocycles. The van der Waals surface area contributed by atoms with Crippen LogP contribution in [0.1, 0.15) is 40.0 Å². The fraction of sp³-hybridized carbons (Fsp3) is 0.588. The number of carbonyl (C=O) groups excluding carboxylic acids is 1. The van der Waals surface area contributed by atoms with Crippen molar-refractivity contribution in [1.29, 1.82) is 0 Å². The predicted molar refractivity (Wildman–Crippen MR) is 91.0 cm³/mol. The molecule has 1 aromatic carbocycles. The standard InChI is InChI=1S/C17H25BrN2O/c1-11(2)13-9-8-12(3)10-17(13,16(19)21)20-15-7-5-4-6-14(15)18/h4-7,11-13,20H,8-10H2,1-3H3,(H2,19,21). The lowest BCUT2D eigenvalue weighted by Gasteiger charge is -2.47. The summed E-state index contributed by atoms with van der Waals surface area (Å²) in [6.07, 6.45) is 3.00. The molecular formula is C17H25BrN2O. The second-order valence-electron chi connectivity index (χ2n) is 6.68. The molecule has 1 aliphatic rings. The Bertz CT molecular complexity index is 517. The fourth-order valence-electron chi connectivity index (χ4n) is 3.71. The third-order valence-corrected chi connectivity index (χ3v) is 5.44. The van der Waals surface area contributed by atoms with Gasteiger partial charge in [-0.05, 0) is 58.7 Å². The maximum Gasteiger partial charge on any atom is 0.243 e. The molecular weight excluding hydrogens is 328 g/mol. The number of anilines is 1. The van der Waals surface area contributed by atoms with Crippen molar-refractivity contribution in [3.8, 4) is 0 Å². The highest BCUT2D eigenvalue weighted by Gasteiger charge is 2.49. The zero-order chi connectivity index (χ0) is 15.6. The molecule has 0 heterocycles. The van der Waals surface area contributed by atoms with E-state index >= 15 is 0 Å². The molecule has 4 heteroatoms. The average Bonchev–Trinajstić information content (AvgIpc) is 2.41. The summed E-state index contributed by atoms with van der Waals surface area (Å²) in [4.78, 5) is 12.4. The maximum atomic E-state index is 12.4. The molecule has 0 saturated heterocycles. The first-order valence-electron chi connectivity index (χ1n) is 7.69. The average molecular weight is 353 g/mol. The van der Waals surface area contributed by atoms with E-state index in [1.165, 1.54) is 0 Å². The normalized spacial score (nSPS) is 29.4. The molecule has 3 nitrogen and oxygen atoms in total. The lowest BCUT2D eigenvalue weighted by atomic mass is 9.64. The summed E-state index contributed by atoms with van der Waals surface area (Å²) in [6, 6.07) is 7.91. The number of hydrogen-bond donors (Lipinski definition) is 2. The molecule has 1 aromatic rings. The first-order chi connectivity index (χ1) is 9.86. The molecule has 0 aliphatic heterocycles. The van der Waals surface area contributed by atoms with Crippen LogP contribution in [-0.2, 0) is 4.79 Å².